The molecule has 0 saturated carbocycles. The number of aromatic nitrogens is 4. The van der Waals surface area contributed by atoms with E-state index in [2.05, 4.69) is 33.1 Å². The Bertz CT molecular complexity index is 1380. The minimum Gasteiger partial charge on any atom is -0.384 e. The van der Waals surface area contributed by atoms with Gasteiger partial charge in [-0.3, -0.25) is 9.48 Å². The lowest BCUT2D eigenvalue weighted by Crippen LogP contribution is -2.48. The second-order valence-electron chi connectivity index (χ2n) is 8.92. The van der Waals surface area contributed by atoms with Gasteiger partial charge >= 0.3 is 0 Å². The summed E-state index contributed by atoms with van der Waals surface area (Å²) in [5.41, 5.74) is 4.57. The molecule has 1 atom stereocenters. The number of rotatable bonds is 6. The second-order valence-corrected chi connectivity index (χ2v) is 8.92. The van der Waals surface area contributed by atoms with Crippen molar-refractivity contribution in [2.24, 2.45) is 12.0 Å². The number of aliphatic imine (C=N–C) groups is 1. The van der Waals surface area contributed by atoms with Gasteiger partial charge in [0.25, 0.3) is 0 Å². The lowest BCUT2D eigenvalue weighted by Gasteiger charge is -2.33. The van der Waals surface area contributed by atoms with Gasteiger partial charge in [-0.25, -0.2) is 9.51 Å². The van der Waals surface area contributed by atoms with Gasteiger partial charge in [-0.1, -0.05) is 12.7 Å². The van der Waals surface area contributed by atoms with Crippen molar-refractivity contribution in [3.63, 3.8) is 0 Å². The summed E-state index contributed by atoms with van der Waals surface area (Å²) in [6.07, 6.45) is 11.2. The number of amides is 1. The smallest absolute Gasteiger partial charge is 0.248 e. The third kappa shape index (κ3) is 5.21. The number of nitriles is 1. The normalized spacial score (nSPS) is 16.1. The molecule has 0 aliphatic carbocycles. The molecule has 36 heavy (non-hydrogen) atoms. The Kier molecular flexibility index (Phi) is 7.31. The first-order valence-electron chi connectivity index (χ1n) is 11.8. The maximum absolute atomic E-state index is 11.8. The Morgan fingerprint density at radius 2 is 2.06 bits per heavy atom. The van der Waals surface area contributed by atoms with E-state index >= 15 is 0 Å². The van der Waals surface area contributed by atoms with Crippen molar-refractivity contribution in [1.29, 1.82) is 5.26 Å². The summed E-state index contributed by atoms with van der Waals surface area (Å²) >= 11 is 0. The highest BCUT2D eigenvalue weighted by Crippen LogP contribution is 2.30. The van der Waals surface area contributed by atoms with E-state index in [9.17, 15) is 15.2 Å². The molecule has 0 aromatic carbocycles. The van der Waals surface area contributed by atoms with Gasteiger partial charge in [-0.05, 0) is 32.8 Å². The molecule has 3 aromatic heterocycles. The maximum Gasteiger partial charge on any atom is 0.248 e. The molecular weight excluding hydrogens is 456 g/mol. The van der Waals surface area contributed by atoms with Gasteiger partial charge in [-0.15, -0.1) is 0 Å². The maximum atomic E-state index is 11.8. The average Bonchev–Trinajstić information content (AvgIpc) is 3.50. The first-order valence-corrected chi connectivity index (χ1v) is 11.8. The lowest BCUT2D eigenvalue weighted by molar-refractivity contribution is -0.129. The summed E-state index contributed by atoms with van der Waals surface area (Å²) in [6.45, 7) is 8.91. The van der Waals surface area contributed by atoms with Gasteiger partial charge in [-0.2, -0.15) is 15.5 Å². The van der Waals surface area contributed by atoms with Crippen molar-refractivity contribution in [2.45, 2.75) is 38.8 Å². The monoisotopic (exact) mass is 486 g/mol. The van der Waals surface area contributed by atoms with Crippen molar-refractivity contribution in [3.05, 3.63) is 60.8 Å². The molecule has 186 valence electrons. The lowest BCUT2D eigenvalue weighted by atomic mass is 10.0. The Hall–Kier alpha value is -4.23. The van der Waals surface area contributed by atoms with Crippen LogP contribution in [0.15, 0.2) is 54.7 Å². The van der Waals surface area contributed by atoms with E-state index < -0.39 is 6.10 Å². The van der Waals surface area contributed by atoms with E-state index in [-0.39, 0.29) is 11.9 Å². The molecule has 2 N–H and O–H groups in total. The fourth-order valence-corrected chi connectivity index (χ4v) is 4.30. The molecule has 1 amide bonds. The second kappa shape index (κ2) is 10.6. The van der Waals surface area contributed by atoms with Crippen LogP contribution in [0.5, 0.6) is 0 Å². The van der Waals surface area contributed by atoms with E-state index in [4.69, 9.17) is 4.99 Å². The van der Waals surface area contributed by atoms with Crippen LogP contribution in [-0.2, 0) is 11.8 Å². The summed E-state index contributed by atoms with van der Waals surface area (Å²) in [5.74, 6) is 0.511. The van der Waals surface area contributed by atoms with E-state index in [1.165, 1.54) is 6.92 Å². The molecule has 4 heterocycles. The highest BCUT2D eigenvalue weighted by molar-refractivity contribution is 5.89. The number of allylic oxidation sites excluding steroid dienone is 2. The molecule has 1 aliphatic rings. The summed E-state index contributed by atoms with van der Waals surface area (Å²) in [4.78, 5) is 18.6. The molecule has 1 fully saturated rings. The summed E-state index contributed by atoms with van der Waals surface area (Å²) < 4.78 is 3.44. The summed E-state index contributed by atoms with van der Waals surface area (Å²) in [6, 6.07) is 4.27. The fraction of sp³-hybridized carbons (Fsp3) is 0.346. The molecule has 10 nitrogen and oxygen atoms in total. The number of hydrogen-bond donors (Lipinski definition) is 2. The molecule has 3 aromatic rings. The Morgan fingerprint density at radius 3 is 2.67 bits per heavy atom. The number of aliphatic hydroxyl groups excluding tert-OH is 1. The first kappa shape index (κ1) is 24.9. The van der Waals surface area contributed by atoms with Crippen LogP contribution in [0.3, 0.4) is 0 Å². The number of pyridine rings is 1. The van der Waals surface area contributed by atoms with Crippen LogP contribution in [0.4, 0.5) is 0 Å². The van der Waals surface area contributed by atoms with Gasteiger partial charge in [0.05, 0.1) is 23.5 Å². The summed E-state index contributed by atoms with van der Waals surface area (Å²) in [5, 5.41) is 30.6. The molecule has 10 heteroatoms. The number of fused-ring (bicyclic) bond motifs is 1. The number of carbonyl (C=O) groups is 1. The molecule has 1 aliphatic heterocycles. The van der Waals surface area contributed by atoms with Crippen LogP contribution < -0.4 is 5.32 Å². The van der Waals surface area contributed by atoms with Crippen LogP contribution in [0.2, 0.25) is 0 Å². The highest BCUT2D eigenvalue weighted by Gasteiger charge is 2.22. The fourth-order valence-electron chi connectivity index (χ4n) is 4.30. The van der Waals surface area contributed by atoms with E-state index in [0.29, 0.717) is 11.1 Å². The van der Waals surface area contributed by atoms with Crippen molar-refractivity contribution in [2.75, 3.05) is 13.1 Å². The Morgan fingerprint density at radius 1 is 1.31 bits per heavy atom. The van der Waals surface area contributed by atoms with Crippen LogP contribution in [0.1, 0.15) is 37.8 Å². The predicted octanol–water partition coefficient (Wildman–Crippen LogP) is 2.51. The number of carbonyl (C=O) groups excluding carboxylic acids is 1. The Balaban J connectivity index is 1.61. The van der Waals surface area contributed by atoms with Crippen LogP contribution in [0, 0.1) is 11.3 Å². The number of likely N-dealkylation sites (tertiary alicyclic amines) is 1. The number of piperidine rings is 1. The van der Waals surface area contributed by atoms with Gasteiger partial charge < -0.3 is 15.3 Å². The standard InChI is InChI=1S/C26H30N8O2/c1-5-19(12-28-18(3)33-8-6-23(7-9-33)31-26(36)17(2)35)24-10-20(22-14-29-32(4)15-22)16-34-25(24)21(11-27)13-30-34/h5,10,12-17,23,35H,1,6-9H2,2-4H3,(H,31,36)/b19-12+,28-18+/t17-/m0/s1. The number of aliphatic hydroxyl groups is 1. The number of nitrogens with one attached hydrogen (secondary N) is 1. The van der Waals surface area contributed by atoms with Gasteiger partial charge in [0.15, 0.2) is 0 Å². The van der Waals surface area contributed by atoms with Crippen LogP contribution >= 0.6 is 0 Å². The van der Waals surface area contributed by atoms with Crippen molar-refractivity contribution in [3.8, 4) is 17.2 Å². The van der Waals surface area contributed by atoms with Crippen LogP contribution in [0.25, 0.3) is 22.2 Å². The number of nitrogens with zero attached hydrogens (tertiary/aromatic N) is 7. The quantitative estimate of drug-likeness (QED) is 0.313. The third-order valence-corrected chi connectivity index (χ3v) is 6.37. The number of hydrogen-bond acceptors (Lipinski definition) is 6. The minimum atomic E-state index is -1.01. The zero-order valence-electron chi connectivity index (χ0n) is 20.7. The minimum absolute atomic E-state index is 0.0465. The van der Waals surface area contributed by atoms with E-state index in [1.54, 1.807) is 33.9 Å². The van der Waals surface area contributed by atoms with Gasteiger partial charge in [0, 0.05) is 67.0 Å². The van der Waals surface area contributed by atoms with Crippen LogP contribution in [-0.4, -0.2) is 66.4 Å². The molecule has 4 rings (SSSR count). The summed E-state index contributed by atoms with van der Waals surface area (Å²) in [7, 11) is 1.86. The largest absolute Gasteiger partial charge is 0.384 e. The molecule has 1 saturated heterocycles. The zero-order chi connectivity index (χ0) is 25.8. The van der Waals surface area contributed by atoms with Crippen molar-refractivity contribution >= 4 is 22.8 Å². The van der Waals surface area contributed by atoms with Gasteiger partial charge in [0.1, 0.15) is 18.0 Å². The number of amidine groups is 1. The molecule has 0 radical (unpaired) electrons. The van der Waals surface area contributed by atoms with Gasteiger partial charge in [0.2, 0.25) is 5.91 Å². The highest BCUT2D eigenvalue weighted by atomic mass is 16.3. The average molecular weight is 487 g/mol. The topological polar surface area (TPSA) is 124 Å². The molecule has 0 bridgehead atoms. The van der Waals surface area contributed by atoms with Crippen molar-refractivity contribution in [1.82, 2.24) is 29.6 Å². The number of aryl methyl sites for hydroxylation is 1. The first-order chi connectivity index (χ1) is 17.3. The molecule has 0 spiro atoms. The predicted molar refractivity (Wildman–Crippen MR) is 138 cm³/mol. The third-order valence-electron chi connectivity index (χ3n) is 6.37. The zero-order valence-corrected chi connectivity index (χ0v) is 20.7. The molecular formula is C26H30N8O2. The van der Waals surface area contributed by atoms with Crippen molar-refractivity contribution < 1.29 is 9.90 Å². The SMILES string of the molecule is C=C/C(=C\N=C(/C)N1CCC(NC(=O)[C@H](C)O)CC1)c1cc(-c2cnn(C)c2)cn2ncc(C#N)c12. The van der Waals surface area contributed by atoms with E-state index in [0.717, 1.165) is 54.0 Å². The van der Waals surface area contributed by atoms with E-state index in [1.807, 2.05) is 32.4 Å². The Labute approximate surface area is 209 Å². The molecule has 0 unspecified atom stereocenters.